The number of morpholine rings is 1. The van der Waals surface area contributed by atoms with E-state index in [0.717, 1.165) is 5.56 Å². The second-order valence-electron chi connectivity index (χ2n) is 7.21. The molecule has 2 aliphatic heterocycles. The summed E-state index contributed by atoms with van der Waals surface area (Å²) in [5, 5.41) is 11.2. The lowest BCUT2D eigenvalue weighted by molar-refractivity contribution is -0.137. The Hall–Kier alpha value is -2.44. The first-order valence-corrected chi connectivity index (χ1v) is 9.11. The molecule has 4 rings (SSSR count). The van der Waals surface area contributed by atoms with Crippen LogP contribution in [0.2, 0.25) is 0 Å². The van der Waals surface area contributed by atoms with Crippen molar-refractivity contribution in [2.45, 2.75) is 37.1 Å². The number of piperidine rings is 1. The van der Waals surface area contributed by atoms with Gasteiger partial charge in [-0.15, -0.1) is 0 Å². The van der Waals surface area contributed by atoms with Gasteiger partial charge in [0.2, 0.25) is 0 Å². The number of hydrogen-bond acceptors (Lipinski definition) is 4. The fourth-order valence-corrected chi connectivity index (χ4v) is 4.13. The molecule has 0 aliphatic carbocycles. The molecule has 2 aromatic rings. The number of nitrogens with zero attached hydrogens (tertiary/aromatic N) is 1. The van der Waals surface area contributed by atoms with Gasteiger partial charge in [0.15, 0.2) is 0 Å². The number of carbonyl (C=O) groups is 1. The van der Waals surface area contributed by atoms with Crippen molar-refractivity contribution in [3.05, 3.63) is 71.5 Å². The van der Waals surface area contributed by atoms with E-state index in [-0.39, 0.29) is 37.1 Å². The molecule has 2 unspecified atom stereocenters. The zero-order valence-corrected chi connectivity index (χ0v) is 14.9. The SMILES string of the molecule is O=C(OCc1ccccc1)N1C2COCC1CC(O)(c1ccccc1F)C2. The number of carbonyl (C=O) groups excluding carboxylic acids is 1. The molecule has 5 nitrogen and oxygen atoms in total. The van der Waals surface area contributed by atoms with Crippen molar-refractivity contribution in [3.63, 3.8) is 0 Å². The second kappa shape index (κ2) is 7.29. The Morgan fingerprint density at radius 2 is 1.74 bits per heavy atom. The van der Waals surface area contributed by atoms with Crippen LogP contribution < -0.4 is 0 Å². The summed E-state index contributed by atoms with van der Waals surface area (Å²) < 4.78 is 25.3. The van der Waals surface area contributed by atoms with Crippen LogP contribution in [0.15, 0.2) is 54.6 Å². The minimum atomic E-state index is -1.32. The van der Waals surface area contributed by atoms with E-state index in [1.54, 1.807) is 23.1 Å². The number of ether oxygens (including phenoxy) is 2. The molecule has 2 aromatic carbocycles. The number of amides is 1. The van der Waals surface area contributed by atoms with Gasteiger partial charge in [-0.3, -0.25) is 4.90 Å². The first-order valence-electron chi connectivity index (χ1n) is 9.11. The molecule has 2 heterocycles. The number of halogens is 1. The molecule has 142 valence electrons. The molecule has 2 saturated heterocycles. The largest absolute Gasteiger partial charge is 0.445 e. The van der Waals surface area contributed by atoms with Gasteiger partial charge in [-0.25, -0.2) is 9.18 Å². The van der Waals surface area contributed by atoms with Crippen molar-refractivity contribution in [2.24, 2.45) is 0 Å². The maximum absolute atomic E-state index is 14.3. The summed E-state index contributed by atoms with van der Waals surface area (Å²) in [5.74, 6) is -0.431. The second-order valence-corrected chi connectivity index (χ2v) is 7.21. The highest BCUT2D eigenvalue weighted by Gasteiger charge is 2.50. The van der Waals surface area contributed by atoms with E-state index in [1.807, 2.05) is 30.3 Å². The van der Waals surface area contributed by atoms with Crippen molar-refractivity contribution in [3.8, 4) is 0 Å². The maximum atomic E-state index is 14.3. The molecule has 2 fully saturated rings. The Morgan fingerprint density at radius 1 is 1.11 bits per heavy atom. The molecule has 27 heavy (non-hydrogen) atoms. The highest BCUT2D eigenvalue weighted by molar-refractivity contribution is 5.69. The van der Waals surface area contributed by atoms with Crippen molar-refractivity contribution in [1.82, 2.24) is 4.90 Å². The Bertz CT molecular complexity index is 799. The van der Waals surface area contributed by atoms with E-state index in [0.29, 0.717) is 13.2 Å². The van der Waals surface area contributed by atoms with E-state index in [9.17, 15) is 14.3 Å². The van der Waals surface area contributed by atoms with Crippen LogP contribution in [-0.2, 0) is 21.7 Å². The minimum Gasteiger partial charge on any atom is -0.445 e. The monoisotopic (exact) mass is 371 g/mol. The van der Waals surface area contributed by atoms with Gasteiger partial charge in [0, 0.05) is 18.4 Å². The lowest BCUT2D eigenvalue weighted by Gasteiger charge is -2.51. The van der Waals surface area contributed by atoms with Crippen molar-refractivity contribution >= 4 is 6.09 Å². The number of aliphatic hydroxyl groups is 1. The first kappa shape index (κ1) is 17.9. The molecule has 0 radical (unpaired) electrons. The highest BCUT2D eigenvalue weighted by atomic mass is 19.1. The standard InChI is InChI=1S/C21H22FNO4/c22-19-9-5-4-8-18(19)21(25)10-16-13-26-14-17(11-21)23(16)20(24)27-12-15-6-2-1-3-7-15/h1-9,16-17,25H,10-14H2. The Kier molecular flexibility index (Phi) is 4.85. The van der Waals surface area contributed by atoms with Gasteiger partial charge >= 0.3 is 6.09 Å². The van der Waals surface area contributed by atoms with Crippen molar-refractivity contribution in [1.29, 1.82) is 0 Å². The summed E-state index contributed by atoms with van der Waals surface area (Å²) in [6.07, 6.45) is 0.00294. The van der Waals surface area contributed by atoms with E-state index >= 15 is 0 Å². The van der Waals surface area contributed by atoms with Gasteiger partial charge in [0.05, 0.1) is 30.9 Å². The average molecular weight is 371 g/mol. The van der Waals surface area contributed by atoms with Crippen LogP contribution in [0.3, 0.4) is 0 Å². The van der Waals surface area contributed by atoms with Crippen LogP contribution in [0.5, 0.6) is 0 Å². The van der Waals surface area contributed by atoms with Gasteiger partial charge in [-0.2, -0.15) is 0 Å². The summed E-state index contributed by atoms with van der Waals surface area (Å²) in [6, 6.07) is 15.0. The predicted molar refractivity (Wildman–Crippen MR) is 96.4 cm³/mol. The molecule has 0 spiro atoms. The van der Waals surface area contributed by atoms with Gasteiger partial charge in [-0.1, -0.05) is 48.5 Å². The Labute approximate surface area is 157 Å². The molecule has 0 saturated carbocycles. The number of hydrogen-bond donors (Lipinski definition) is 1. The summed E-state index contributed by atoms with van der Waals surface area (Å²) in [7, 11) is 0. The molecular formula is C21H22FNO4. The molecule has 0 aromatic heterocycles. The van der Waals surface area contributed by atoms with Crippen LogP contribution in [0, 0.1) is 5.82 Å². The highest BCUT2D eigenvalue weighted by Crippen LogP contribution is 2.42. The van der Waals surface area contributed by atoms with Crippen molar-refractivity contribution < 1.29 is 23.8 Å². The van der Waals surface area contributed by atoms with E-state index in [2.05, 4.69) is 0 Å². The molecule has 2 bridgehead atoms. The van der Waals surface area contributed by atoms with Crippen LogP contribution in [0.25, 0.3) is 0 Å². The summed E-state index contributed by atoms with van der Waals surface area (Å²) in [4.78, 5) is 14.3. The van der Waals surface area contributed by atoms with E-state index in [4.69, 9.17) is 9.47 Å². The number of fused-ring (bicyclic) bond motifs is 2. The van der Waals surface area contributed by atoms with Gasteiger partial charge in [-0.05, 0) is 11.6 Å². The van der Waals surface area contributed by atoms with Gasteiger partial charge in [0.1, 0.15) is 12.4 Å². The molecule has 1 N–H and O–H groups in total. The van der Waals surface area contributed by atoms with Gasteiger partial charge < -0.3 is 14.6 Å². The Balaban J connectivity index is 1.50. The zero-order chi connectivity index (χ0) is 18.9. The normalized spacial score (nSPS) is 27.3. The van der Waals surface area contributed by atoms with Gasteiger partial charge in [0.25, 0.3) is 0 Å². The molecular weight excluding hydrogens is 349 g/mol. The third-order valence-electron chi connectivity index (χ3n) is 5.35. The quantitative estimate of drug-likeness (QED) is 0.900. The molecule has 2 atom stereocenters. The summed E-state index contributed by atoms with van der Waals surface area (Å²) in [5.41, 5.74) is -0.132. The molecule has 6 heteroatoms. The summed E-state index contributed by atoms with van der Waals surface area (Å²) >= 11 is 0. The van der Waals surface area contributed by atoms with Crippen LogP contribution in [0.4, 0.5) is 9.18 Å². The third-order valence-corrected chi connectivity index (χ3v) is 5.35. The third kappa shape index (κ3) is 3.55. The van der Waals surface area contributed by atoms with Crippen LogP contribution in [-0.4, -0.2) is 41.4 Å². The number of benzene rings is 2. The molecule has 1 amide bonds. The smallest absolute Gasteiger partial charge is 0.410 e. The molecule has 2 aliphatic rings. The Morgan fingerprint density at radius 3 is 2.41 bits per heavy atom. The van der Waals surface area contributed by atoms with Crippen molar-refractivity contribution in [2.75, 3.05) is 13.2 Å². The minimum absolute atomic E-state index is 0.189. The summed E-state index contributed by atoms with van der Waals surface area (Å²) in [6.45, 7) is 0.787. The fraction of sp³-hybridized carbons (Fsp3) is 0.381. The average Bonchev–Trinajstić information content (AvgIpc) is 2.66. The zero-order valence-electron chi connectivity index (χ0n) is 14.9. The van der Waals surface area contributed by atoms with E-state index in [1.165, 1.54) is 6.07 Å². The van der Waals surface area contributed by atoms with E-state index < -0.39 is 17.5 Å². The maximum Gasteiger partial charge on any atom is 0.410 e. The fourth-order valence-electron chi connectivity index (χ4n) is 4.13. The lowest BCUT2D eigenvalue weighted by atomic mass is 9.77. The predicted octanol–water partition coefficient (Wildman–Crippen LogP) is 3.21. The number of rotatable bonds is 3. The lowest BCUT2D eigenvalue weighted by Crippen LogP contribution is -2.62. The topological polar surface area (TPSA) is 59.0 Å². The van der Waals surface area contributed by atoms with Crippen LogP contribution >= 0.6 is 0 Å². The first-order chi connectivity index (χ1) is 13.1. The van der Waals surface area contributed by atoms with Crippen LogP contribution in [0.1, 0.15) is 24.0 Å².